The van der Waals surface area contributed by atoms with Gasteiger partial charge in [-0.05, 0) is 49.1 Å². The number of methoxy groups -OCH3 is 1. The van der Waals surface area contributed by atoms with Crippen LogP contribution in [0, 0.1) is 5.92 Å². The molecule has 3 atom stereocenters. The van der Waals surface area contributed by atoms with Gasteiger partial charge in [-0.1, -0.05) is 48.2 Å². The number of carbonyl (C=O) groups excluding carboxylic acids is 2. The summed E-state index contributed by atoms with van der Waals surface area (Å²) in [6.45, 7) is 2.01. The van der Waals surface area contributed by atoms with E-state index in [0.717, 1.165) is 5.56 Å². The highest BCUT2D eigenvalue weighted by Gasteiger charge is 2.34. The topological polar surface area (TPSA) is 64.6 Å². The second kappa shape index (κ2) is 11.1. The van der Waals surface area contributed by atoms with Crippen LogP contribution in [0.3, 0.4) is 0 Å². The Morgan fingerprint density at radius 3 is 2.66 bits per heavy atom. The summed E-state index contributed by atoms with van der Waals surface area (Å²) in [5.41, 5.74) is 0.965. The lowest BCUT2D eigenvalue weighted by Crippen LogP contribution is -2.34. The van der Waals surface area contributed by atoms with Crippen molar-refractivity contribution in [2.75, 3.05) is 13.7 Å². The van der Waals surface area contributed by atoms with Crippen LogP contribution in [0.2, 0.25) is 0 Å². The standard InChI is InChI=1S/C24H25F2NO4S/c1-3-31-23(29)21(15-7-6-8-18(14-15)30-2)16-11-12-17(13-16)27-22(28)19-9-4-5-10-20(19)32-24(25)26/h4-12,14,16-17,21,24H,3,13H2,1-2H3,(H,27,28)/t16-,17+,21-/m1/s1. The van der Waals surface area contributed by atoms with Crippen molar-refractivity contribution in [1.29, 1.82) is 0 Å². The molecule has 1 amide bonds. The quantitative estimate of drug-likeness (QED) is 0.322. The maximum absolute atomic E-state index is 12.8. The molecule has 0 spiro atoms. The minimum atomic E-state index is -2.62. The minimum absolute atomic E-state index is 0.197. The lowest BCUT2D eigenvalue weighted by atomic mass is 9.85. The summed E-state index contributed by atoms with van der Waals surface area (Å²) >= 11 is 0.342. The van der Waals surface area contributed by atoms with Crippen molar-refractivity contribution < 1.29 is 27.8 Å². The number of hydrogen-bond acceptors (Lipinski definition) is 5. The first-order valence-electron chi connectivity index (χ1n) is 10.3. The van der Waals surface area contributed by atoms with Gasteiger partial charge in [0.15, 0.2) is 0 Å². The van der Waals surface area contributed by atoms with Crippen LogP contribution in [-0.2, 0) is 9.53 Å². The van der Waals surface area contributed by atoms with Gasteiger partial charge in [0.25, 0.3) is 11.7 Å². The average Bonchev–Trinajstić information content (AvgIpc) is 3.22. The van der Waals surface area contributed by atoms with E-state index >= 15 is 0 Å². The molecule has 2 aromatic rings. The molecule has 0 heterocycles. The molecule has 32 heavy (non-hydrogen) atoms. The first-order chi connectivity index (χ1) is 15.4. The third-order valence-electron chi connectivity index (χ3n) is 5.20. The number of benzene rings is 2. The third kappa shape index (κ3) is 5.88. The molecule has 1 aliphatic carbocycles. The number of allylic oxidation sites excluding steroid dienone is 1. The molecular formula is C24H25F2NO4S. The van der Waals surface area contributed by atoms with Crippen molar-refractivity contribution in [1.82, 2.24) is 5.32 Å². The number of carbonyl (C=O) groups is 2. The van der Waals surface area contributed by atoms with Crippen molar-refractivity contribution >= 4 is 23.6 Å². The summed E-state index contributed by atoms with van der Waals surface area (Å²) in [5.74, 6) is -3.51. The Labute approximate surface area is 190 Å². The van der Waals surface area contributed by atoms with E-state index in [1.165, 1.54) is 12.1 Å². The first-order valence-corrected chi connectivity index (χ1v) is 11.1. The molecule has 0 radical (unpaired) electrons. The number of rotatable bonds is 9. The van der Waals surface area contributed by atoms with Crippen LogP contribution < -0.4 is 10.1 Å². The molecule has 5 nitrogen and oxygen atoms in total. The Balaban J connectivity index is 1.74. The van der Waals surface area contributed by atoms with Crippen LogP contribution in [0.5, 0.6) is 5.75 Å². The van der Waals surface area contributed by atoms with Crippen LogP contribution in [0.25, 0.3) is 0 Å². The Morgan fingerprint density at radius 1 is 1.16 bits per heavy atom. The summed E-state index contributed by atoms with van der Waals surface area (Å²) in [6.07, 6.45) is 4.21. The van der Waals surface area contributed by atoms with Gasteiger partial charge in [-0.3, -0.25) is 9.59 Å². The number of nitrogens with one attached hydrogen (secondary N) is 1. The van der Waals surface area contributed by atoms with E-state index < -0.39 is 17.6 Å². The second-order valence-corrected chi connectivity index (χ2v) is 8.28. The Hall–Kier alpha value is -2.87. The molecule has 2 aromatic carbocycles. The molecule has 0 bridgehead atoms. The fraction of sp³-hybridized carbons (Fsp3) is 0.333. The van der Waals surface area contributed by atoms with Gasteiger partial charge >= 0.3 is 5.97 Å². The second-order valence-electron chi connectivity index (χ2n) is 7.25. The van der Waals surface area contributed by atoms with E-state index in [1.807, 2.05) is 24.3 Å². The minimum Gasteiger partial charge on any atom is -0.497 e. The molecule has 1 aliphatic rings. The van der Waals surface area contributed by atoms with E-state index in [1.54, 1.807) is 38.3 Å². The normalized spacial score (nSPS) is 18.4. The SMILES string of the molecule is CCOC(=O)[C@H](c1cccc(OC)c1)[C@@H]1C=C[C@H](NC(=O)c2ccccc2SC(F)F)C1. The number of hydrogen-bond donors (Lipinski definition) is 1. The van der Waals surface area contributed by atoms with Crippen molar-refractivity contribution in [3.05, 3.63) is 71.8 Å². The molecule has 0 saturated carbocycles. The summed E-state index contributed by atoms with van der Waals surface area (Å²) in [7, 11) is 1.56. The lowest BCUT2D eigenvalue weighted by Gasteiger charge is -2.23. The zero-order valence-electron chi connectivity index (χ0n) is 17.8. The molecule has 170 valence electrons. The largest absolute Gasteiger partial charge is 0.497 e. The highest BCUT2D eigenvalue weighted by Crippen LogP contribution is 2.36. The predicted molar refractivity (Wildman–Crippen MR) is 119 cm³/mol. The highest BCUT2D eigenvalue weighted by atomic mass is 32.2. The zero-order chi connectivity index (χ0) is 23.1. The van der Waals surface area contributed by atoms with Crippen molar-refractivity contribution in [3.63, 3.8) is 0 Å². The molecule has 0 aromatic heterocycles. The molecule has 3 rings (SSSR count). The van der Waals surface area contributed by atoms with E-state index in [9.17, 15) is 18.4 Å². The smallest absolute Gasteiger partial charge is 0.314 e. The molecule has 1 N–H and O–H groups in total. The highest BCUT2D eigenvalue weighted by molar-refractivity contribution is 7.99. The van der Waals surface area contributed by atoms with Crippen LogP contribution >= 0.6 is 11.8 Å². The Kier molecular flexibility index (Phi) is 8.27. The van der Waals surface area contributed by atoms with Gasteiger partial charge in [-0.25, -0.2) is 0 Å². The fourth-order valence-electron chi connectivity index (χ4n) is 3.81. The van der Waals surface area contributed by atoms with Crippen LogP contribution in [0.1, 0.15) is 35.2 Å². The summed E-state index contributed by atoms with van der Waals surface area (Å²) in [5, 5.41) is 2.88. The average molecular weight is 462 g/mol. The molecule has 0 unspecified atom stereocenters. The summed E-state index contributed by atoms with van der Waals surface area (Å²) < 4.78 is 36.3. The van der Waals surface area contributed by atoms with Gasteiger partial charge in [0.05, 0.1) is 25.2 Å². The van der Waals surface area contributed by atoms with Gasteiger partial charge < -0.3 is 14.8 Å². The lowest BCUT2D eigenvalue weighted by molar-refractivity contribution is -0.146. The number of ether oxygens (including phenoxy) is 2. The van der Waals surface area contributed by atoms with E-state index in [2.05, 4.69) is 5.32 Å². The zero-order valence-corrected chi connectivity index (χ0v) is 18.6. The molecule has 0 fully saturated rings. The summed E-state index contributed by atoms with van der Waals surface area (Å²) in [4.78, 5) is 25.7. The third-order valence-corrected chi connectivity index (χ3v) is 5.99. The monoisotopic (exact) mass is 461 g/mol. The van der Waals surface area contributed by atoms with Crippen LogP contribution in [0.15, 0.2) is 65.6 Å². The van der Waals surface area contributed by atoms with Gasteiger partial charge in [0.2, 0.25) is 0 Å². The van der Waals surface area contributed by atoms with Crippen LogP contribution in [0.4, 0.5) is 8.78 Å². The van der Waals surface area contributed by atoms with Crippen molar-refractivity contribution in [2.45, 2.75) is 36.0 Å². The summed E-state index contributed by atoms with van der Waals surface area (Å²) in [6, 6.07) is 13.2. The van der Waals surface area contributed by atoms with E-state index in [-0.39, 0.29) is 35.0 Å². The number of halogens is 2. The van der Waals surface area contributed by atoms with Gasteiger partial charge in [-0.15, -0.1) is 0 Å². The first kappa shape index (κ1) is 23.8. The van der Waals surface area contributed by atoms with Crippen molar-refractivity contribution in [2.24, 2.45) is 5.92 Å². The number of amides is 1. The number of thioether (sulfide) groups is 1. The van der Waals surface area contributed by atoms with Gasteiger partial charge in [0.1, 0.15) is 5.75 Å². The van der Waals surface area contributed by atoms with Crippen LogP contribution in [-0.4, -0.2) is 37.4 Å². The Morgan fingerprint density at radius 2 is 1.94 bits per heavy atom. The van der Waals surface area contributed by atoms with Gasteiger partial charge in [0, 0.05) is 10.9 Å². The Bertz CT molecular complexity index is 982. The van der Waals surface area contributed by atoms with Gasteiger partial charge in [-0.2, -0.15) is 8.78 Å². The molecule has 8 heteroatoms. The predicted octanol–water partition coefficient (Wildman–Crippen LogP) is 5.03. The van der Waals surface area contributed by atoms with E-state index in [4.69, 9.17) is 9.47 Å². The molecule has 0 aliphatic heterocycles. The van der Waals surface area contributed by atoms with E-state index in [0.29, 0.717) is 23.9 Å². The fourth-order valence-corrected chi connectivity index (χ4v) is 4.44. The maximum Gasteiger partial charge on any atom is 0.314 e. The molecular weight excluding hydrogens is 436 g/mol. The molecule has 0 saturated heterocycles. The van der Waals surface area contributed by atoms with Crippen molar-refractivity contribution in [3.8, 4) is 5.75 Å². The number of esters is 1. The maximum atomic E-state index is 12.8. The number of alkyl halides is 2.